The van der Waals surface area contributed by atoms with Gasteiger partial charge in [0.1, 0.15) is 5.69 Å². The Morgan fingerprint density at radius 3 is 2.76 bits per heavy atom. The number of aromatic nitrogens is 2. The molecule has 0 N–H and O–H groups in total. The normalized spacial score (nSPS) is 20.4. The maximum absolute atomic E-state index is 12.4. The maximum Gasteiger partial charge on any atom is 0.274 e. The molecule has 1 aliphatic heterocycles. The SMILES string of the molecule is CCCn1nc(C(=O)N(C)[C@@H]2CCS(=O)(=O)C2)ccc1=O. The van der Waals surface area contributed by atoms with E-state index >= 15 is 0 Å². The van der Waals surface area contributed by atoms with Gasteiger partial charge in [-0.15, -0.1) is 0 Å². The molecule has 1 amide bonds. The number of amides is 1. The van der Waals surface area contributed by atoms with Crippen molar-refractivity contribution in [2.45, 2.75) is 32.4 Å². The predicted octanol–water partition coefficient (Wildman–Crippen LogP) is -0.0876. The molecule has 21 heavy (non-hydrogen) atoms. The number of hydrogen-bond donors (Lipinski definition) is 0. The van der Waals surface area contributed by atoms with Crippen molar-refractivity contribution in [3.05, 3.63) is 28.2 Å². The van der Waals surface area contributed by atoms with Gasteiger partial charge in [-0.1, -0.05) is 6.92 Å². The molecule has 2 heterocycles. The fourth-order valence-corrected chi connectivity index (χ4v) is 4.14. The largest absolute Gasteiger partial charge is 0.336 e. The Balaban J connectivity index is 2.20. The molecule has 1 aromatic heterocycles. The summed E-state index contributed by atoms with van der Waals surface area (Å²) in [5.74, 6) is -0.260. The quantitative estimate of drug-likeness (QED) is 0.775. The van der Waals surface area contributed by atoms with Crippen molar-refractivity contribution in [3.8, 4) is 0 Å². The minimum Gasteiger partial charge on any atom is -0.336 e. The van der Waals surface area contributed by atoms with E-state index in [-0.39, 0.29) is 34.7 Å². The Hall–Kier alpha value is -1.70. The summed E-state index contributed by atoms with van der Waals surface area (Å²) < 4.78 is 24.2. The van der Waals surface area contributed by atoms with Gasteiger partial charge in [-0.2, -0.15) is 5.10 Å². The highest BCUT2D eigenvalue weighted by molar-refractivity contribution is 7.91. The van der Waals surface area contributed by atoms with E-state index in [9.17, 15) is 18.0 Å². The Bertz CT molecular complexity index is 696. The van der Waals surface area contributed by atoms with Gasteiger partial charge in [-0.05, 0) is 18.9 Å². The summed E-state index contributed by atoms with van der Waals surface area (Å²) in [4.78, 5) is 25.4. The molecule has 2 rings (SSSR count). The lowest BCUT2D eigenvalue weighted by Gasteiger charge is -2.23. The first-order chi connectivity index (χ1) is 9.84. The van der Waals surface area contributed by atoms with Gasteiger partial charge in [-0.3, -0.25) is 9.59 Å². The smallest absolute Gasteiger partial charge is 0.274 e. The summed E-state index contributed by atoms with van der Waals surface area (Å²) in [5.41, 5.74) is -0.0886. The summed E-state index contributed by atoms with van der Waals surface area (Å²) in [6.45, 7) is 2.36. The monoisotopic (exact) mass is 313 g/mol. The molecule has 1 saturated heterocycles. The third kappa shape index (κ3) is 3.49. The minimum absolute atomic E-state index is 0.0101. The molecule has 0 radical (unpaired) electrons. The zero-order valence-corrected chi connectivity index (χ0v) is 13.0. The van der Waals surface area contributed by atoms with Crippen LogP contribution in [0.15, 0.2) is 16.9 Å². The number of hydrogen-bond acceptors (Lipinski definition) is 5. The Kier molecular flexibility index (Phi) is 4.46. The van der Waals surface area contributed by atoms with Crippen LogP contribution in [0.5, 0.6) is 0 Å². The first kappa shape index (κ1) is 15.7. The van der Waals surface area contributed by atoms with Crippen molar-refractivity contribution < 1.29 is 13.2 Å². The van der Waals surface area contributed by atoms with Crippen LogP contribution in [-0.2, 0) is 16.4 Å². The fraction of sp³-hybridized carbons (Fsp3) is 0.615. The molecular formula is C13H19N3O4S. The Morgan fingerprint density at radius 1 is 1.48 bits per heavy atom. The van der Waals surface area contributed by atoms with Crippen LogP contribution < -0.4 is 5.56 Å². The fourth-order valence-electron chi connectivity index (χ4n) is 2.36. The standard InChI is InChI=1S/C13H19N3O4S/c1-3-7-16-12(17)5-4-11(14-16)13(18)15(2)10-6-8-21(19,20)9-10/h4-5,10H,3,6-9H2,1-2H3/t10-/m1/s1. The summed E-state index contributed by atoms with van der Waals surface area (Å²) in [5, 5.41) is 4.05. The molecule has 0 aliphatic carbocycles. The minimum atomic E-state index is -3.05. The molecule has 1 aromatic rings. The molecule has 1 atom stereocenters. The zero-order valence-electron chi connectivity index (χ0n) is 12.2. The number of sulfone groups is 1. The van der Waals surface area contributed by atoms with E-state index in [1.807, 2.05) is 6.92 Å². The average Bonchev–Trinajstić information content (AvgIpc) is 2.80. The highest BCUT2D eigenvalue weighted by Crippen LogP contribution is 2.17. The van der Waals surface area contributed by atoms with Crippen LogP contribution >= 0.6 is 0 Å². The number of rotatable bonds is 4. The second kappa shape index (κ2) is 5.97. The van der Waals surface area contributed by atoms with Crippen molar-refractivity contribution in [3.63, 3.8) is 0 Å². The van der Waals surface area contributed by atoms with Gasteiger partial charge in [0.05, 0.1) is 11.5 Å². The van der Waals surface area contributed by atoms with Crippen molar-refractivity contribution in [1.82, 2.24) is 14.7 Å². The van der Waals surface area contributed by atoms with E-state index in [2.05, 4.69) is 5.10 Å². The van der Waals surface area contributed by atoms with Gasteiger partial charge in [0.25, 0.3) is 11.5 Å². The van der Waals surface area contributed by atoms with Crippen LogP contribution in [0, 0.1) is 0 Å². The lowest BCUT2D eigenvalue weighted by molar-refractivity contribution is 0.0738. The molecule has 1 fully saturated rings. The summed E-state index contributed by atoms with van der Waals surface area (Å²) >= 11 is 0. The van der Waals surface area contributed by atoms with Gasteiger partial charge in [-0.25, -0.2) is 13.1 Å². The molecule has 0 saturated carbocycles. The first-order valence-electron chi connectivity index (χ1n) is 6.90. The molecule has 8 heteroatoms. The maximum atomic E-state index is 12.4. The number of nitrogens with zero attached hydrogens (tertiary/aromatic N) is 3. The van der Waals surface area contributed by atoms with Gasteiger partial charge >= 0.3 is 0 Å². The van der Waals surface area contributed by atoms with E-state index in [1.165, 1.54) is 21.7 Å². The van der Waals surface area contributed by atoms with E-state index in [4.69, 9.17) is 0 Å². The number of carbonyl (C=O) groups excluding carboxylic acids is 1. The Labute approximate surface area is 123 Å². The molecule has 0 unspecified atom stereocenters. The van der Waals surface area contributed by atoms with E-state index in [0.29, 0.717) is 13.0 Å². The van der Waals surface area contributed by atoms with Gasteiger partial charge in [0, 0.05) is 25.7 Å². The number of carbonyl (C=O) groups is 1. The zero-order chi connectivity index (χ0) is 15.6. The lowest BCUT2D eigenvalue weighted by Crippen LogP contribution is -2.39. The molecule has 0 bridgehead atoms. The van der Waals surface area contributed by atoms with Crippen molar-refractivity contribution in [2.24, 2.45) is 0 Å². The molecule has 0 aromatic carbocycles. The van der Waals surface area contributed by atoms with Crippen LogP contribution in [0.1, 0.15) is 30.3 Å². The topological polar surface area (TPSA) is 89.3 Å². The summed E-state index contributed by atoms with van der Waals surface area (Å²) in [6.07, 6.45) is 1.18. The van der Waals surface area contributed by atoms with E-state index < -0.39 is 9.84 Å². The van der Waals surface area contributed by atoms with Crippen molar-refractivity contribution in [2.75, 3.05) is 18.6 Å². The van der Waals surface area contributed by atoms with Crippen molar-refractivity contribution >= 4 is 15.7 Å². The van der Waals surface area contributed by atoms with Crippen LogP contribution in [0.3, 0.4) is 0 Å². The van der Waals surface area contributed by atoms with Gasteiger partial charge < -0.3 is 4.90 Å². The van der Waals surface area contributed by atoms with Crippen molar-refractivity contribution in [1.29, 1.82) is 0 Å². The summed E-state index contributed by atoms with van der Waals surface area (Å²) in [7, 11) is -1.48. The highest BCUT2D eigenvalue weighted by Gasteiger charge is 2.33. The predicted molar refractivity (Wildman–Crippen MR) is 77.9 cm³/mol. The lowest BCUT2D eigenvalue weighted by atomic mass is 10.2. The first-order valence-corrected chi connectivity index (χ1v) is 8.72. The van der Waals surface area contributed by atoms with Gasteiger partial charge in [0.15, 0.2) is 9.84 Å². The third-order valence-corrected chi connectivity index (χ3v) is 5.35. The highest BCUT2D eigenvalue weighted by atomic mass is 32.2. The van der Waals surface area contributed by atoms with E-state index in [0.717, 1.165) is 6.42 Å². The second-order valence-corrected chi connectivity index (χ2v) is 7.48. The Morgan fingerprint density at radius 2 is 2.19 bits per heavy atom. The molecule has 0 spiro atoms. The molecule has 1 aliphatic rings. The second-order valence-electron chi connectivity index (χ2n) is 5.25. The average molecular weight is 313 g/mol. The van der Waals surface area contributed by atoms with Crippen LogP contribution in [0.4, 0.5) is 0 Å². The molecule has 7 nitrogen and oxygen atoms in total. The summed E-state index contributed by atoms with van der Waals surface area (Å²) in [6, 6.07) is 2.38. The molecule has 116 valence electrons. The third-order valence-electron chi connectivity index (χ3n) is 3.60. The van der Waals surface area contributed by atoms with Crippen LogP contribution in [0.25, 0.3) is 0 Å². The molecular weight excluding hydrogens is 294 g/mol. The number of aryl methyl sites for hydroxylation is 1. The van der Waals surface area contributed by atoms with Crippen LogP contribution in [0.2, 0.25) is 0 Å². The van der Waals surface area contributed by atoms with E-state index in [1.54, 1.807) is 7.05 Å². The van der Waals surface area contributed by atoms with Gasteiger partial charge in [0.2, 0.25) is 0 Å². The van der Waals surface area contributed by atoms with Crippen LogP contribution in [-0.4, -0.2) is 53.6 Å².